The first-order chi connectivity index (χ1) is 11.2. The summed E-state index contributed by atoms with van der Waals surface area (Å²) in [6.45, 7) is 2.29. The van der Waals surface area contributed by atoms with E-state index in [1.807, 2.05) is 0 Å². The molecule has 2 rings (SSSR count). The van der Waals surface area contributed by atoms with Gasteiger partial charge in [-0.05, 0) is 55.8 Å². The fourth-order valence-corrected chi connectivity index (χ4v) is 4.27. The van der Waals surface area contributed by atoms with E-state index in [2.05, 4.69) is 6.92 Å². The SMILES string of the molecule is CCCCCCCCCC1CC1CC1CC1CCCC(=O)OC. The summed E-state index contributed by atoms with van der Waals surface area (Å²) in [5, 5.41) is 0. The molecule has 0 N–H and O–H groups in total. The lowest BCUT2D eigenvalue weighted by molar-refractivity contribution is -0.140. The van der Waals surface area contributed by atoms with E-state index < -0.39 is 0 Å². The molecule has 2 nitrogen and oxygen atoms in total. The smallest absolute Gasteiger partial charge is 0.305 e. The van der Waals surface area contributed by atoms with Crippen LogP contribution >= 0.6 is 0 Å². The van der Waals surface area contributed by atoms with Crippen molar-refractivity contribution in [2.75, 3.05) is 7.11 Å². The summed E-state index contributed by atoms with van der Waals surface area (Å²) in [5.41, 5.74) is 0. The Kier molecular flexibility index (Phi) is 8.47. The molecule has 0 aromatic carbocycles. The molecule has 0 amide bonds. The third kappa shape index (κ3) is 7.72. The molecule has 4 atom stereocenters. The molecule has 0 aromatic heterocycles. The molecule has 2 heteroatoms. The van der Waals surface area contributed by atoms with Gasteiger partial charge in [-0.3, -0.25) is 4.79 Å². The number of rotatable bonds is 14. The van der Waals surface area contributed by atoms with Gasteiger partial charge in [-0.1, -0.05) is 58.3 Å². The maximum Gasteiger partial charge on any atom is 0.305 e. The third-order valence-corrected chi connectivity index (χ3v) is 6.11. The zero-order valence-corrected chi connectivity index (χ0v) is 15.5. The number of ether oxygens (including phenoxy) is 1. The molecule has 0 aromatic rings. The molecular formula is C21H38O2. The van der Waals surface area contributed by atoms with Gasteiger partial charge in [0.25, 0.3) is 0 Å². The first-order valence-corrected chi connectivity index (χ1v) is 10.3. The predicted molar refractivity (Wildman–Crippen MR) is 96.3 cm³/mol. The molecule has 0 saturated heterocycles. The number of methoxy groups -OCH3 is 1. The van der Waals surface area contributed by atoms with Crippen LogP contribution in [0, 0.1) is 23.7 Å². The summed E-state index contributed by atoms with van der Waals surface area (Å²) in [6.07, 6.45) is 18.9. The molecule has 0 spiro atoms. The highest BCUT2D eigenvalue weighted by molar-refractivity contribution is 5.68. The Bertz CT molecular complexity index is 339. The summed E-state index contributed by atoms with van der Waals surface area (Å²) in [4.78, 5) is 11.1. The topological polar surface area (TPSA) is 26.3 Å². The Morgan fingerprint density at radius 1 is 0.826 bits per heavy atom. The van der Waals surface area contributed by atoms with Crippen molar-refractivity contribution in [3.8, 4) is 0 Å². The summed E-state index contributed by atoms with van der Waals surface area (Å²) < 4.78 is 4.70. The highest BCUT2D eigenvalue weighted by Gasteiger charge is 2.44. The molecule has 0 radical (unpaired) electrons. The second-order valence-electron chi connectivity index (χ2n) is 8.13. The van der Waals surface area contributed by atoms with Crippen LogP contribution in [0.15, 0.2) is 0 Å². The van der Waals surface area contributed by atoms with Crippen LogP contribution < -0.4 is 0 Å². The van der Waals surface area contributed by atoms with Crippen molar-refractivity contribution in [3.05, 3.63) is 0 Å². The van der Waals surface area contributed by atoms with Gasteiger partial charge in [0.15, 0.2) is 0 Å². The Balaban J connectivity index is 1.38. The van der Waals surface area contributed by atoms with Gasteiger partial charge in [-0.2, -0.15) is 0 Å². The monoisotopic (exact) mass is 322 g/mol. The van der Waals surface area contributed by atoms with Crippen LogP contribution in [0.2, 0.25) is 0 Å². The number of carbonyl (C=O) groups is 1. The zero-order valence-electron chi connectivity index (χ0n) is 15.5. The minimum Gasteiger partial charge on any atom is -0.469 e. The van der Waals surface area contributed by atoms with Crippen LogP contribution in [0.1, 0.15) is 96.8 Å². The van der Waals surface area contributed by atoms with E-state index in [-0.39, 0.29) is 5.97 Å². The van der Waals surface area contributed by atoms with Crippen LogP contribution in [-0.2, 0) is 9.53 Å². The molecule has 4 unspecified atom stereocenters. The van der Waals surface area contributed by atoms with E-state index in [0.717, 1.165) is 30.1 Å². The van der Waals surface area contributed by atoms with Gasteiger partial charge < -0.3 is 4.74 Å². The fraction of sp³-hybridized carbons (Fsp3) is 0.952. The van der Waals surface area contributed by atoms with Crippen LogP contribution in [0.25, 0.3) is 0 Å². The Hall–Kier alpha value is -0.530. The molecule has 2 aliphatic rings. The average molecular weight is 323 g/mol. The van der Waals surface area contributed by atoms with Crippen molar-refractivity contribution in [1.82, 2.24) is 0 Å². The van der Waals surface area contributed by atoms with E-state index in [4.69, 9.17) is 4.74 Å². The van der Waals surface area contributed by atoms with E-state index in [1.165, 1.54) is 84.2 Å². The van der Waals surface area contributed by atoms with Gasteiger partial charge in [0.1, 0.15) is 0 Å². The Labute approximate surface area is 143 Å². The molecule has 0 bridgehead atoms. The lowest BCUT2D eigenvalue weighted by Gasteiger charge is -2.02. The fourth-order valence-electron chi connectivity index (χ4n) is 4.27. The zero-order chi connectivity index (χ0) is 16.5. The summed E-state index contributed by atoms with van der Waals surface area (Å²) >= 11 is 0. The quantitative estimate of drug-likeness (QED) is 0.284. The normalized spacial score (nSPS) is 28.6. The lowest BCUT2D eigenvalue weighted by Crippen LogP contribution is -1.99. The van der Waals surface area contributed by atoms with Crippen LogP contribution in [0.3, 0.4) is 0 Å². The standard InChI is InChI=1S/C21H38O2/c1-3-4-5-6-7-8-9-11-17-14-19(17)16-20-15-18(20)12-10-13-21(22)23-2/h17-20H,3-16H2,1-2H3. The number of unbranched alkanes of at least 4 members (excludes halogenated alkanes) is 6. The van der Waals surface area contributed by atoms with Gasteiger partial charge in [0, 0.05) is 6.42 Å². The first kappa shape index (κ1) is 18.8. The predicted octanol–water partition coefficient (Wildman–Crippen LogP) is 6.13. The van der Waals surface area contributed by atoms with Crippen molar-refractivity contribution in [2.24, 2.45) is 23.7 Å². The third-order valence-electron chi connectivity index (χ3n) is 6.11. The summed E-state index contributed by atoms with van der Waals surface area (Å²) in [5.74, 6) is 4.02. The number of esters is 1. The molecule has 2 fully saturated rings. The number of hydrogen-bond donors (Lipinski definition) is 0. The van der Waals surface area contributed by atoms with Gasteiger partial charge in [0.2, 0.25) is 0 Å². The minimum absolute atomic E-state index is 0.0425. The largest absolute Gasteiger partial charge is 0.469 e. The second kappa shape index (κ2) is 10.4. The summed E-state index contributed by atoms with van der Waals surface area (Å²) in [7, 11) is 1.49. The van der Waals surface area contributed by atoms with Crippen molar-refractivity contribution < 1.29 is 9.53 Å². The lowest BCUT2D eigenvalue weighted by atomic mass is 10.0. The van der Waals surface area contributed by atoms with Gasteiger partial charge in [0.05, 0.1) is 7.11 Å². The molecule has 0 aliphatic heterocycles. The first-order valence-electron chi connectivity index (χ1n) is 10.3. The van der Waals surface area contributed by atoms with Gasteiger partial charge in [-0.25, -0.2) is 0 Å². The Morgan fingerprint density at radius 3 is 2.00 bits per heavy atom. The maximum atomic E-state index is 11.1. The molecule has 2 saturated carbocycles. The van der Waals surface area contributed by atoms with E-state index in [1.54, 1.807) is 0 Å². The maximum absolute atomic E-state index is 11.1. The number of carbonyl (C=O) groups excluding carboxylic acids is 1. The highest BCUT2D eigenvalue weighted by Crippen LogP contribution is 2.54. The van der Waals surface area contributed by atoms with Crippen molar-refractivity contribution in [1.29, 1.82) is 0 Å². The molecular weight excluding hydrogens is 284 g/mol. The van der Waals surface area contributed by atoms with Crippen LogP contribution in [0.4, 0.5) is 0 Å². The van der Waals surface area contributed by atoms with Crippen molar-refractivity contribution >= 4 is 5.97 Å². The Morgan fingerprint density at radius 2 is 1.39 bits per heavy atom. The van der Waals surface area contributed by atoms with Gasteiger partial charge in [-0.15, -0.1) is 0 Å². The van der Waals surface area contributed by atoms with Crippen LogP contribution in [-0.4, -0.2) is 13.1 Å². The van der Waals surface area contributed by atoms with E-state index >= 15 is 0 Å². The van der Waals surface area contributed by atoms with Gasteiger partial charge >= 0.3 is 5.97 Å². The molecule has 2 aliphatic carbocycles. The molecule has 0 heterocycles. The second-order valence-corrected chi connectivity index (χ2v) is 8.13. The minimum atomic E-state index is -0.0425. The highest BCUT2D eigenvalue weighted by atomic mass is 16.5. The van der Waals surface area contributed by atoms with Crippen molar-refractivity contribution in [3.63, 3.8) is 0 Å². The number of hydrogen-bond acceptors (Lipinski definition) is 2. The van der Waals surface area contributed by atoms with E-state index in [0.29, 0.717) is 6.42 Å². The molecule has 134 valence electrons. The van der Waals surface area contributed by atoms with Crippen LogP contribution in [0.5, 0.6) is 0 Å². The molecule has 23 heavy (non-hydrogen) atoms. The average Bonchev–Trinajstić information content (AvgIpc) is 3.46. The van der Waals surface area contributed by atoms with Crippen molar-refractivity contribution in [2.45, 2.75) is 96.8 Å². The summed E-state index contributed by atoms with van der Waals surface area (Å²) in [6, 6.07) is 0. The van der Waals surface area contributed by atoms with E-state index in [9.17, 15) is 4.79 Å².